The van der Waals surface area contributed by atoms with E-state index in [1.54, 1.807) is 0 Å². The number of benzene rings is 1. The summed E-state index contributed by atoms with van der Waals surface area (Å²) in [6.45, 7) is 2.25. The number of sulfonamides is 1. The van der Waals surface area contributed by atoms with Crippen molar-refractivity contribution in [2.24, 2.45) is 4.99 Å². The number of aliphatic imine (C=N–C) groups is 1. The lowest BCUT2D eigenvalue weighted by Gasteiger charge is -2.34. The van der Waals surface area contributed by atoms with Crippen LogP contribution in [0.15, 0.2) is 23.3 Å². The highest BCUT2D eigenvalue weighted by Gasteiger charge is 2.44. The molecule has 1 aromatic carbocycles. The molecule has 2 fully saturated rings. The molecule has 2 aliphatic heterocycles. The van der Waals surface area contributed by atoms with Gasteiger partial charge in [-0.2, -0.15) is 4.31 Å². The second-order valence-electron chi connectivity index (χ2n) is 9.46. The van der Waals surface area contributed by atoms with Crippen LogP contribution < -0.4 is 5.32 Å². The summed E-state index contributed by atoms with van der Waals surface area (Å²) in [6.07, 6.45) is 6.11. The number of hydrogen-bond acceptors (Lipinski definition) is 7. The van der Waals surface area contributed by atoms with E-state index in [0.29, 0.717) is 23.4 Å². The second-order valence-corrected chi connectivity index (χ2v) is 11.8. The predicted molar refractivity (Wildman–Crippen MR) is 130 cm³/mol. The van der Waals surface area contributed by atoms with E-state index in [1.165, 1.54) is 16.6 Å². The van der Waals surface area contributed by atoms with Crippen molar-refractivity contribution >= 4 is 39.0 Å². The fourth-order valence-corrected chi connectivity index (χ4v) is 6.53. The second kappa shape index (κ2) is 8.51. The van der Waals surface area contributed by atoms with Crippen LogP contribution in [0.4, 0.5) is 16.0 Å². The van der Waals surface area contributed by atoms with Crippen LogP contribution in [0.3, 0.4) is 0 Å². The van der Waals surface area contributed by atoms with E-state index in [2.05, 4.69) is 20.3 Å². The number of nitrogens with one attached hydrogen (secondary N) is 1. The molecule has 1 saturated heterocycles. The van der Waals surface area contributed by atoms with Crippen molar-refractivity contribution in [3.8, 4) is 11.3 Å². The van der Waals surface area contributed by atoms with E-state index in [9.17, 15) is 13.5 Å². The third kappa shape index (κ3) is 4.00. The number of β-amino-alcohol motifs (C(OH)–C–C–N with tert-alkyl or cyclic N) is 1. The number of anilines is 1. The van der Waals surface area contributed by atoms with E-state index >= 15 is 4.39 Å². The van der Waals surface area contributed by atoms with E-state index in [0.717, 1.165) is 43.2 Å². The summed E-state index contributed by atoms with van der Waals surface area (Å²) in [7, 11) is -3.37. The van der Waals surface area contributed by atoms with Crippen molar-refractivity contribution in [2.75, 3.05) is 24.7 Å². The Balaban J connectivity index is 1.44. The van der Waals surface area contributed by atoms with Crippen LogP contribution in [0.5, 0.6) is 0 Å². The molecule has 2 N–H and O–H groups in total. The molecule has 34 heavy (non-hydrogen) atoms. The van der Waals surface area contributed by atoms with Gasteiger partial charge in [-0.15, -0.1) is 0 Å². The monoisotopic (exact) mass is 507 g/mol. The van der Waals surface area contributed by atoms with Crippen LogP contribution >= 0.6 is 11.6 Å². The zero-order valence-corrected chi connectivity index (χ0v) is 20.6. The Hall–Kier alpha value is -2.14. The normalized spacial score (nSPS) is 24.3. The number of aromatic nitrogens is 2. The molecule has 0 unspecified atom stereocenters. The van der Waals surface area contributed by atoms with Gasteiger partial charge in [0.1, 0.15) is 11.5 Å². The number of aliphatic hydroxyl groups is 1. The van der Waals surface area contributed by atoms with Crippen LogP contribution in [0.25, 0.3) is 11.3 Å². The number of rotatable bonds is 4. The number of nitrogens with zero attached hydrogens (tertiary/aromatic N) is 4. The van der Waals surface area contributed by atoms with Gasteiger partial charge < -0.3 is 10.4 Å². The first-order valence-electron chi connectivity index (χ1n) is 11.4. The molecule has 2 aromatic rings. The Morgan fingerprint density at radius 1 is 1.29 bits per heavy atom. The van der Waals surface area contributed by atoms with Crippen molar-refractivity contribution in [3.05, 3.63) is 34.7 Å². The van der Waals surface area contributed by atoms with Crippen molar-refractivity contribution in [3.63, 3.8) is 0 Å². The van der Waals surface area contributed by atoms with Crippen molar-refractivity contribution in [1.82, 2.24) is 14.3 Å². The number of halogens is 2. The minimum atomic E-state index is -3.37. The third-order valence-corrected chi connectivity index (χ3v) is 8.90. The molecule has 1 saturated carbocycles. The SMILES string of the molecule is CC1=Nc2c(F)cc(-c3nc(N[C@@H]4CCN(S(C)(=O)=O)C[C@H]4O)ncc3Cl)cc2C12CCCC2. The standard InChI is InChI=1S/C23H27ClFN5O3S/c1-13-23(6-3-4-7-23)15-9-14(10-17(25)21(15)27-13)20-16(24)11-26-22(29-20)28-18-5-8-30(12-19(18)31)34(2,32)33/h9-11,18-19,31H,3-8,12H2,1-2H3,(H,26,28,29)/t18-,19-/m1/s1. The van der Waals surface area contributed by atoms with E-state index in [-0.39, 0.29) is 29.5 Å². The Morgan fingerprint density at radius 3 is 2.71 bits per heavy atom. The lowest BCUT2D eigenvalue weighted by molar-refractivity contribution is 0.0950. The highest BCUT2D eigenvalue weighted by Crippen LogP contribution is 2.52. The summed E-state index contributed by atoms with van der Waals surface area (Å²) in [5.41, 5.74) is 2.99. The first-order valence-corrected chi connectivity index (χ1v) is 13.6. The summed E-state index contributed by atoms with van der Waals surface area (Å²) >= 11 is 6.43. The summed E-state index contributed by atoms with van der Waals surface area (Å²) in [5, 5.41) is 13.9. The van der Waals surface area contributed by atoms with E-state index in [4.69, 9.17) is 11.6 Å². The lowest BCUT2D eigenvalue weighted by Crippen LogP contribution is -2.51. The molecule has 11 heteroatoms. The van der Waals surface area contributed by atoms with Gasteiger partial charge in [0.05, 0.1) is 35.3 Å². The summed E-state index contributed by atoms with van der Waals surface area (Å²) in [6, 6.07) is 2.92. The molecular weight excluding hydrogens is 481 g/mol. The van der Waals surface area contributed by atoms with Crippen LogP contribution in [-0.2, 0) is 15.4 Å². The molecule has 182 valence electrons. The minimum Gasteiger partial charge on any atom is -0.390 e. The smallest absolute Gasteiger partial charge is 0.223 e. The topological polar surface area (TPSA) is 108 Å². The summed E-state index contributed by atoms with van der Waals surface area (Å²) in [4.78, 5) is 13.3. The van der Waals surface area contributed by atoms with E-state index < -0.39 is 28.0 Å². The lowest BCUT2D eigenvalue weighted by atomic mass is 9.76. The summed E-state index contributed by atoms with van der Waals surface area (Å²) < 4.78 is 39.9. The first-order chi connectivity index (χ1) is 16.1. The molecule has 2 atom stereocenters. The Labute approximate surface area is 203 Å². The van der Waals surface area contributed by atoms with Gasteiger partial charge in [0.2, 0.25) is 16.0 Å². The quantitative estimate of drug-likeness (QED) is 0.654. The fraction of sp³-hybridized carbons (Fsp3) is 0.522. The number of fused-ring (bicyclic) bond motifs is 2. The van der Waals surface area contributed by atoms with Crippen LogP contribution in [-0.4, -0.2) is 65.0 Å². The van der Waals surface area contributed by atoms with Gasteiger partial charge in [0, 0.05) is 29.8 Å². The zero-order chi connectivity index (χ0) is 24.3. The van der Waals surface area contributed by atoms with E-state index in [1.807, 2.05) is 13.0 Å². The van der Waals surface area contributed by atoms with Crippen molar-refractivity contribution in [1.29, 1.82) is 0 Å². The average Bonchev–Trinajstić information content (AvgIpc) is 3.37. The molecule has 1 aromatic heterocycles. The van der Waals surface area contributed by atoms with Gasteiger partial charge in [-0.1, -0.05) is 24.4 Å². The molecule has 3 aliphatic rings. The Kier molecular flexibility index (Phi) is 5.91. The molecule has 1 spiro atoms. The van der Waals surface area contributed by atoms with Gasteiger partial charge in [-0.25, -0.2) is 22.8 Å². The highest BCUT2D eigenvalue weighted by molar-refractivity contribution is 7.88. The third-order valence-electron chi connectivity index (χ3n) is 7.35. The predicted octanol–water partition coefficient (Wildman–Crippen LogP) is 3.66. The Bertz CT molecular complexity index is 1280. The first kappa shape index (κ1) is 23.6. The molecule has 5 rings (SSSR count). The minimum absolute atomic E-state index is 0.00554. The number of piperidine rings is 1. The average molecular weight is 508 g/mol. The van der Waals surface area contributed by atoms with Crippen LogP contribution in [0.2, 0.25) is 5.02 Å². The van der Waals surface area contributed by atoms with Gasteiger partial charge in [-0.05, 0) is 43.9 Å². The molecule has 8 nitrogen and oxygen atoms in total. The maximum atomic E-state index is 15.1. The van der Waals surface area contributed by atoms with Gasteiger partial charge >= 0.3 is 0 Å². The molecule has 0 radical (unpaired) electrons. The molecule has 3 heterocycles. The van der Waals surface area contributed by atoms with Crippen LogP contribution in [0, 0.1) is 5.82 Å². The maximum Gasteiger partial charge on any atom is 0.223 e. The molecular formula is C23H27ClFN5O3S. The van der Waals surface area contributed by atoms with Crippen molar-refractivity contribution < 1.29 is 17.9 Å². The number of aliphatic hydroxyl groups excluding tert-OH is 1. The molecule has 0 amide bonds. The Morgan fingerprint density at radius 2 is 2.03 bits per heavy atom. The molecule has 0 bridgehead atoms. The zero-order valence-electron chi connectivity index (χ0n) is 19.1. The fourth-order valence-electron chi connectivity index (χ4n) is 5.47. The maximum absolute atomic E-state index is 15.1. The molecule has 1 aliphatic carbocycles. The van der Waals surface area contributed by atoms with Gasteiger partial charge in [0.15, 0.2) is 0 Å². The summed E-state index contributed by atoms with van der Waals surface area (Å²) in [5.74, 6) is -0.163. The van der Waals surface area contributed by atoms with Gasteiger partial charge in [-0.3, -0.25) is 4.99 Å². The van der Waals surface area contributed by atoms with Crippen molar-refractivity contribution in [2.45, 2.75) is 56.6 Å². The highest BCUT2D eigenvalue weighted by atomic mass is 35.5. The van der Waals surface area contributed by atoms with Crippen LogP contribution in [0.1, 0.15) is 44.6 Å². The van der Waals surface area contributed by atoms with Gasteiger partial charge in [0.25, 0.3) is 0 Å². The largest absolute Gasteiger partial charge is 0.390 e. The number of hydrogen-bond donors (Lipinski definition) is 2.